The number of hydrogen-bond acceptors (Lipinski definition) is 3. The van der Waals surface area contributed by atoms with Crippen molar-refractivity contribution >= 4 is 23.1 Å². The van der Waals surface area contributed by atoms with Gasteiger partial charge >= 0.3 is 0 Å². The van der Waals surface area contributed by atoms with Gasteiger partial charge in [0.1, 0.15) is 0 Å². The van der Waals surface area contributed by atoms with Crippen LogP contribution in [0.2, 0.25) is 0 Å². The van der Waals surface area contributed by atoms with Gasteiger partial charge in [0.25, 0.3) is 0 Å². The summed E-state index contributed by atoms with van der Waals surface area (Å²) in [4.78, 5) is 12.6. The lowest BCUT2D eigenvalue weighted by Crippen LogP contribution is -2.58. The zero-order valence-corrected chi connectivity index (χ0v) is 11.0. The number of carbonyl (C=O) groups is 1. The molecular formula is C12H20N2O2S. The van der Waals surface area contributed by atoms with Gasteiger partial charge < -0.3 is 15.8 Å². The van der Waals surface area contributed by atoms with E-state index in [2.05, 4.69) is 12.2 Å². The molecule has 2 fully saturated rings. The minimum absolute atomic E-state index is 0.0231. The van der Waals surface area contributed by atoms with Crippen LogP contribution in [0, 0.1) is 11.3 Å². The van der Waals surface area contributed by atoms with Gasteiger partial charge in [-0.05, 0) is 31.6 Å². The van der Waals surface area contributed by atoms with Crippen molar-refractivity contribution in [2.45, 2.75) is 38.6 Å². The van der Waals surface area contributed by atoms with Crippen molar-refractivity contribution in [2.75, 3.05) is 13.2 Å². The van der Waals surface area contributed by atoms with E-state index >= 15 is 0 Å². The summed E-state index contributed by atoms with van der Waals surface area (Å²) in [7, 11) is 0. The number of hydrogen-bond donors (Lipinski definition) is 2. The van der Waals surface area contributed by atoms with Crippen LogP contribution in [0.3, 0.4) is 0 Å². The Hall–Kier alpha value is -0.680. The number of carbonyl (C=O) groups excluding carboxylic acids is 1. The molecule has 5 heteroatoms. The summed E-state index contributed by atoms with van der Waals surface area (Å²) >= 11 is 5.07. The third kappa shape index (κ3) is 2.45. The Bertz CT molecular complexity index is 320. The van der Waals surface area contributed by atoms with Gasteiger partial charge in [-0.1, -0.05) is 19.1 Å². The van der Waals surface area contributed by atoms with Crippen molar-refractivity contribution in [1.82, 2.24) is 5.32 Å². The number of amides is 1. The molecule has 0 aromatic rings. The summed E-state index contributed by atoms with van der Waals surface area (Å²) < 4.78 is 5.27. The maximum Gasteiger partial charge on any atom is 0.233 e. The van der Waals surface area contributed by atoms with Gasteiger partial charge in [0.15, 0.2) is 0 Å². The molecule has 0 aromatic carbocycles. The lowest BCUT2D eigenvalue weighted by Gasteiger charge is -2.45. The molecule has 17 heavy (non-hydrogen) atoms. The summed E-state index contributed by atoms with van der Waals surface area (Å²) in [5, 5.41) is 3.08. The van der Waals surface area contributed by atoms with Gasteiger partial charge in [0.2, 0.25) is 5.91 Å². The highest BCUT2D eigenvalue weighted by molar-refractivity contribution is 7.80. The number of ether oxygens (including phenoxy) is 1. The van der Waals surface area contributed by atoms with Gasteiger partial charge in [-0.15, -0.1) is 0 Å². The largest absolute Gasteiger partial charge is 0.392 e. The predicted octanol–water partition coefficient (Wildman–Crippen LogP) is 0.984. The van der Waals surface area contributed by atoms with E-state index in [4.69, 9.17) is 22.7 Å². The Balaban J connectivity index is 1.95. The van der Waals surface area contributed by atoms with Crippen LogP contribution in [0.15, 0.2) is 0 Å². The number of nitrogens with two attached hydrogens (primary N) is 1. The van der Waals surface area contributed by atoms with E-state index in [1.807, 2.05) is 0 Å². The maximum absolute atomic E-state index is 12.3. The Kier molecular flexibility index (Phi) is 3.68. The molecule has 2 aliphatic rings. The fraction of sp³-hybridized carbons (Fsp3) is 0.833. The number of rotatable bonds is 3. The van der Waals surface area contributed by atoms with E-state index in [-0.39, 0.29) is 11.9 Å². The van der Waals surface area contributed by atoms with Crippen LogP contribution in [0.1, 0.15) is 32.6 Å². The van der Waals surface area contributed by atoms with Crippen LogP contribution in [0.4, 0.5) is 0 Å². The maximum atomic E-state index is 12.3. The van der Waals surface area contributed by atoms with Crippen LogP contribution in [0.25, 0.3) is 0 Å². The first-order valence-electron chi connectivity index (χ1n) is 6.23. The summed E-state index contributed by atoms with van der Waals surface area (Å²) in [6, 6.07) is 0.221. The van der Waals surface area contributed by atoms with E-state index in [0.29, 0.717) is 10.9 Å². The highest BCUT2D eigenvalue weighted by atomic mass is 32.1. The molecule has 4 nitrogen and oxygen atoms in total. The molecule has 0 radical (unpaired) electrons. The van der Waals surface area contributed by atoms with Gasteiger partial charge in [0.05, 0.1) is 10.4 Å². The number of thiocarbonyl (C=S) groups is 1. The highest BCUT2D eigenvalue weighted by Crippen LogP contribution is 2.46. The highest BCUT2D eigenvalue weighted by Gasteiger charge is 2.51. The SMILES string of the molecule is CC1CC(C(=O)NC2CCOCC2)(C(N)=S)C1. The van der Waals surface area contributed by atoms with Gasteiger partial charge in [-0.2, -0.15) is 0 Å². The summed E-state index contributed by atoms with van der Waals surface area (Å²) in [6.07, 6.45) is 3.35. The van der Waals surface area contributed by atoms with Crippen molar-refractivity contribution in [2.24, 2.45) is 17.1 Å². The molecule has 0 atom stereocenters. The van der Waals surface area contributed by atoms with Gasteiger partial charge in [0, 0.05) is 19.3 Å². The molecule has 1 aliphatic heterocycles. The van der Waals surface area contributed by atoms with Crippen LogP contribution < -0.4 is 11.1 Å². The van der Waals surface area contributed by atoms with Crippen LogP contribution >= 0.6 is 12.2 Å². The molecule has 1 amide bonds. The predicted molar refractivity (Wildman–Crippen MR) is 69.6 cm³/mol. The fourth-order valence-corrected chi connectivity index (χ4v) is 3.05. The molecule has 1 saturated heterocycles. The van der Waals surface area contributed by atoms with E-state index in [9.17, 15) is 4.79 Å². The monoisotopic (exact) mass is 256 g/mol. The van der Waals surface area contributed by atoms with Gasteiger partial charge in [-0.3, -0.25) is 4.79 Å². The second-order valence-electron chi connectivity index (χ2n) is 5.32. The Labute approximate surface area is 107 Å². The Morgan fingerprint density at radius 3 is 2.47 bits per heavy atom. The zero-order valence-electron chi connectivity index (χ0n) is 10.2. The van der Waals surface area contributed by atoms with Crippen LogP contribution in [0.5, 0.6) is 0 Å². The van der Waals surface area contributed by atoms with Crippen LogP contribution in [-0.4, -0.2) is 30.2 Å². The molecule has 1 heterocycles. The van der Waals surface area contributed by atoms with Crippen molar-refractivity contribution in [3.05, 3.63) is 0 Å². The summed E-state index contributed by atoms with van der Waals surface area (Å²) in [5.74, 6) is 0.562. The van der Waals surface area contributed by atoms with Crippen molar-refractivity contribution < 1.29 is 9.53 Å². The quantitative estimate of drug-likeness (QED) is 0.739. The Morgan fingerprint density at radius 2 is 2.00 bits per heavy atom. The average Bonchev–Trinajstić information content (AvgIpc) is 2.25. The normalized spacial score (nSPS) is 33.8. The molecule has 1 aliphatic carbocycles. The molecule has 0 spiro atoms. The van der Waals surface area contributed by atoms with E-state index < -0.39 is 5.41 Å². The van der Waals surface area contributed by atoms with E-state index in [0.717, 1.165) is 38.9 Å². The fourth-order valence-electron chi connectivity index (χ4n) is 2.79. The molecule has 3 N–H and O–H groups in total. The van der Waals surface area contributed by atoms with Crippen molar-refractivity contribution in [1.29, 1.82) is 0 Å². The second kappa shape index (κ2) is 4.90. The first-order chi connectivity index (χ1) is 8.04. The molecular weight excluding hydrogens is 236 g/mol. The lowest BCUT2D eigenvalue weighted by atomic mass is 9.62. The first-order valence-corrected chi connectivity index (χ1v) is 6.64. The van der Waals surface area contributed by atoms with Crippen molar-refractivity contribution in [3.63, 3.8) is 0 Å². The van der Waals surface area contributed by atoms with Gasteiger partial charge in [-0.25, -0.2) is 0 Å². The third-order valence-corrected chi connectivity index (χ3v) is 4.25. The minimum atomic E-state index is -0.576. The minimum Gasteiger partial charge on any atom is -0.392 e. The first kappa shape index (κ1) is 12.8. The van der Waals surface area contributed by atoms with Crippen molar-refractivity contribution in [3.8, 4) is 0 Å². The smallest absolute Gasteiger partial charge is 0.233 e. The molecule has 96 valence electrons. The summed E-state index contributed by atoms with van der Waals surface area (Å²) in [6.45, 7) is 3.57. The zero-order chi connectivity index (χ0) is 12.5. The molecule has 0 bridgehead atoms. The average molecular weight is 256 g/mol. The molecule has 0 aromatic heterocycles. The molecule has 1 saturated carbocycles. The number of nitrogens with one attached hydrogen (secondary N) is 1. The summed E-state index contributed by atoms with van der Waals surface area (Å²) in [5.41, 5.74) is 5.17. The lowest BCUT2D eigenvalue weighted by molar-refractivity contribution is -0.134. The molecule has 2 rings (SSSR count). The topological polar surface area (TPSA) is 64.3 Å². The standard InChI is InChI=1S/C12H20N2O2S/c1-8-6-12(7-8,10(13)17)11(15)14-9-2-4-16-5-3-9/h8-9H,2-7H2,1H3,(H2,13,17)(H,14,15). The van der Waals surface area contributed by atoms with Crippen LogP contribution in [-0.2, 0) is 9.53 Å². The van der Waals surface area contributed by atoms with E-state index in [1.54, 1.807) is 0 Å². The second-order valence-corrected chi connectivity index (χ2v) is 5.76. The Morgan fingerprint density at radius 1 is 1.41 bits per heavy atom. The third-order valence-electron chi connectivity index (χ3n) is 3.86. The molecule has 0 unspecified atom stereocenters. The van der Waals surface area contributed by atoms with E-state index in [1.165, 1.54) is 0 Å².